The first-order valence-corrected chi connectivity index (χ1v) is 10.1. The predicted molar refractivity (Wildman–Crippen MR) is 120 cm³/mol. The minimum atomic E-state index is -0.655. The zero-order valence-corrected chi connectivity index (χ0v) is 18.4. The Kier molecular flexibility index (Phi) is 6.99. The summed E-state index contributed by atoms with van der Waals surface area (Å²) in [6.45, 7) is 3.66. The van der Waals surface area contributed by atoms with E-state index in [9.17, 15) is 14.4 Å². The topological polar surface area (TPSA) is 109 Å². The quantitative estimate of drug-likeness (QED) is 0.593. The third-order valence-corrected chi connectivity index (χ3v) is 5.08. The Morgan fingerprint density at radius 1 is 1.09 bits per heavy atom. The fourth-order valence-corrected chi connectivity index (χ4v) is 3.31. The second-order valence-corrected chi connectivity index (χ2v) is 7.09. The molecule has 4 amide bonds. The van der Waals surface area contributed by atoms with E-state index >= 15 is 0 Å². The van der Waals surface area contributed by atoms with Crippen molar-refractivity contribution in [3.05, 3.63) is 65.4 Å². The molecule has 1 unspecified atom stereocenters. The fraction of sp³-hybridized carbons (Fsp3) is 0.261. The molecule has 32 heavy (non-hydrogen) atoms. The number of allylic oxidation sites excluding steroid dienone is 1. The van der Waals surface area contributed by atoms with E-state index in [-0.39, 0.29) is 12.6 Å². The molecular formula is C23H26N4O5. The van der Waals surface area contributed by atoms with E-state index in [1.165, 1.54) is 4.90 Å². The summed E-state index contributed by atoms with van der Waals surface area (Å²) < 4.78 is 10.3. The maximum Gasteiger partial charge on any atom is 0.338 e. The Morgan fingerprint density at radius 2 is 1.78 bits per heavy atom. The number of methoxy groups -OCH3 is 1. The highest BCUT2D eigenvalue weighted by Crippen LogP contribution is 2.31. The van der Waals surface area contributed by atoms with Gasteiger partial charge in [0.05, 0.1) is 25.3 Å². The average molecular weight is 438 g/mol. The van der Waals surface area contributed by atoms with Gasteiger partial charge < -0.3 is 30.3 Å². The number of nitrogens with one attached hydrogen (secondary N) is 3. The molecule has 1 aliphatic heterocycles. The van der Waals surface area contributed by atoms with Crippen molar-refractivity contribution in [3.63, 3.8) is 0 Å². The minimum Gasteiger partial charge on any atom is -0.497 e. The molecule has 2 aromatic rings. The van der Waals surface area contributed by atoms with Crippen LogP contribution in [0.15, 0.2) is 59.8 Å². The van der Waals surface area contributed by atoms with E-state index in [1.54, 1.807) is 76.5 Å². The standard InChI is InChI=1S/C23H26N4O5/c1-5-32-21(28)19-14(2)27(3)23(30)26-20(19)15-9-11-16(12-10-15)24-22(29)25-17-7-6-8-18(13-17)31-4/h6-13,20H,5H2,1-4H3,(H,26,30)(H2,24,25,29). The molecule has 2 aromatic carbocycles. The third-order valence-electron chi connectivity index (χ3n) is 5.08. The minimum absolute atomic E-state index is 0.227. The highest BCUT2D eigenvalue weighted by molar-refractivity contribution is 6.00. The van der Waals surface area contributed by atoms with Crippen LogP contribution in [0.5, 0.6) is 5.75 Å². The van der Waals surface area contributed by atoms with E-state index in [0.29, 0.717) is 34.0 Å². The fourth-order valence-electron chi connectivity index (χ4n) is 3.31. The van der Waals surface area contributed by atoms with E-state index in [0.717, 1.165) is 0 Å². The van der Waals surface area contributed by atoms with Crippen LogP contribution in [-0.2, 0) is 9.53 Å². The van der Waals surface area contributed by atoms with Crippen LogP contribution in [-0.4, -0.2) is 43.7 Å². The summed E-state index contributed by atoms with van der Waals surface area (Å²) in [7, 11) is 3.14. The molecule has 9 nitrogen and oxygen atoms in total. The molecule has 0 bridgehead atoms. The molecule has 1 aliphatic rings. The number of carbonyl (C=O) groups is 3. The van der Waals surface area contributed by atoms with Crippen molar-refractivity contribution < 1.29 is 23.9 Å². The number of hydrogen-bond donors (Lipinski definition) is 3. The van der Waals surface area contributed by atoms with Gasteiger partial charge in [-0.05, 0) is 43.7 Å². The lowest BCUT2D eigenvalue weighted by Gasteiger charge is -2.33. The van der Waals surface area contributed by atoms with Crippen LogP contribution in [0.1, 0.15) is 25.5 Å². The van der Waals surface area contributed by atoms with Crippen LogP contribution in [0.3, 0.4) is 0 Å². The van der Waals surface area contributed by atoms with Crippen LogP contribution in [0.4, 0.5) is 21.0 Å². The molecule has 0 spiro atoms. The largest absolute Gasteiger partial charge is 0.497 e. The maximum atomic E-state index is 12.5. The number of ether oxygens (including phenoxy) is 2. The normalized spacial score (nSPS) is 15.7. The van der Waals surface area contributed by atoms with Gasteiger partial charge in [0.2, 0.25) is 0 Å². The lowest BCUT2D eigenvalue weighted by molar-refractivity contribution is -0.139. The summed E-state index contributed by atoms with van der Waals surface area (Å²) in [5.41, 5.74) is 2.72. The number of rotatable bonds is 6. The molecule has 0 aliphatic carbocycles. The molecule has 168 valence electrons. The summed E-state index contributed by atoms with van der Waals surface area (Å²) >= 11 is 0. The molecule has 3 rings (SSSR count). The second kappa shape index (κ2) is 9.86. The lowest BCUT2D eigenvalue weighted by atomic mass is 9.95. The zero-order chi connectivity index (χ0) is 23.3. The van der Waals surface area contributed by atoms with Crippen LogP contribution in [0, 0.1) is 0 Å². The van der Waals surface area contributed by atoms with Gasteiger partial charge in [0.25, 0.3) is 0 Å². The molecule has 3 N–H and O–H groups in total. The predicted octanol–water partition coefficient (Wildman–Crippen LogP) is 3.87. The van der Waals surface area contributed by atoms with Gasteiger partial charge in [0.15, 0.2) is 0 Å². The molecular weight excluding hydrogens is 412 g/mol. The smallest absolute Gasteiger partial charge is 0.338 e. The highest BCUT2D eigenvalue weighted by atomic mass is 16.5. The Bertz CT molecular complexity index is 1050. The number of nitrogens with zero attached hydrogens (tertiary/aromatic N) is 1. The lowest BCUT2D eigenvalue weighted by Crippen LogP contribution is -2.46. The molecule has 0 aromatic heterocycles. The van der Waals surface area contributed by atoms with Gasteiger partial charge in [-0.1, -0.05) is 18.2 Å². The number of anilines is 2. The second-order valence-electron chi connectivity index (χ2n) is 7.09. The van der Waals surface area contributed by atoms with Crippen molar-refractivity contribution in [1.29, 1.82) is 0 Å². The first kappa shape index (κ1) is 22.7. The van der Waals surface area contributed by atoms with Gasteiger partial charge in [-0.2, -0.15) is 0 Å². The van der Waals surface area contributed by atoms with E-state index in [4.69, 9.17) is 9.47 Å². The van der Waals surface area contributed by atoms with Crippen molar-refractivity contribution in [3.8, 4) is 5.75 Å². The summed E-state index contributed by atoms with van der Waals surface area (Å²) in [5, 5.41) is 8.30. The number of benzene rings is 2. The summed E-state index contributed by atoms with van der Waals surface area (Å²) in [5.74, 6) is 0.148. The van der Waals surface area contributed by atoms with Gasteiger partial charge in [0.1, 0.15) is 5.75 Å². The van der Waals surface area contributed by atoms with E-state index in [2.05, 4.69) is 16.0 Å². The molecule has 0 saturated carbocycles. The Balaban J connectivity index is 1.75. The van der Waals surface area contributed by atoms with Crippen LogP contribution >= 0.6 is 0 Å². The van der Waals surface area contributed by atoms with Crippen LogP contribution in [0.25, 0.3) is 0 Å². The highest BCUT2D eigenvalue weighted by Gasteiger charge is 2.34. The molecule has 0 fully saturated rings. The zero-order valence-electron chi connectivity index (χ0n) is 18.4. The van der Waals surface area contributed by atoms with E-state index in [1.807, 2.05) is 0 Å². The number of hydrogen-bond acceptors (Lipinski definition) is 5. The number of urea groups is 2. The van der Waals surface area contributed by atoms with Crippen LogP contribution in [0.2, 0.25) is 0 Å². The van der Waals surface area contributed by atoms with E-state index < -0.39 is 18.0 Å². The monoisotopic (exact) mass is 438 g/mol. The van der Waals surface area contributed by atoms with Gasteiger partial charge in [0, 0.05) is 30.2 Å². The number of esters is 1. The molecule has 0 radical (unpaired) electrons. The molecule has 1 heterocycles. The Morgan fingerprint density at radius 3 is 2.44 bits per heavy atom. The maximum absolute atomic E-state index is 12.5. The first-order chi connectivity index (χ1) is 15.3. The molecule has 9 heteroatoms. The molecule has 1 atom stereocenters. The van der Waals surface area contributed by atoms with Gasteiger partial charge in [-0.25, -0.2) is 14.4 Å². The van der Waals surface area contributed by atoms with Crippen molar-refractivity contribution in [2.45, 2.75) is 19.9 Å². The first-order valence-electron chi connectivity index (χ1n) is 10.1. The SMILES string of the molecule is CCOC(=O)C1=C(C)N(C)C(=O)NC1c1ccc(NC(=O)Nc2cccc(OC)c2)cc1. The van der Waals surface area contributed by atoms with Crippen molar-refractivity contribution in [2.75, 3.05) is 31.4 Å². The van der Waals surface area contributed by atoms with Crippen molar-refractivity contribution >= 4 is 29.4 Å². The van der Waals surface area contributed by atoms with Crippen molar-refractivity contribution in [2.24, 2.45) is 0 Å². The van der Waals surface area contributed by atoms with Crippen LogP contribution < -0.4 is 20.7 Å². The van der Waals surface area contributed by atoms with Gasteiger partial charge in [-0.3, -0.25) is 0 Å². The molecule has 0 saturated heterocycles. The Hall–Kier alpha value is -4.01. The number of amides is 4. The van der Waals surface area contributed by atoms with Gasteiger partial charge >= 0.3 is 18.0 Å². The summed E-state index contributed by atoms with van der Waals surface area (Å²) in [6.07, 6.45) is 0. The van der Waals surface area contributed by atoms with Crippen molar-refractivity contribution in [1.82, 2.24) is 10.2 Å². The third kappa shape index (κ3) is 5.00. The van der Waals surface area contributed by atoms with Gasteiger partial charge in [-0.15, -0.1) is 0 Å². The average Bonchev–Trinajstić information content (AvgIpc) is 2.78. The summed E-state index contributed by atoms with van der Waals surface area (Å²) in [4.78, 5) is 38.5. The Labute approximate surface area is 186 Å². The summed E-state index contributed by atoms with van der Waals surface area (Å²) in [6, 6.07) is 12.5. The number of carbonyl (C=O) groups excluding carboxylic acids is 3.